The molecule has 5 heteroatoms. The number of anilines is 1. The zero-order chi connectivity index (χ0) is 19.2. The molecule has 0 spiro atoms. The summed E-state index contributed by atoms with van der Waals surface area (Å²) in [5, 5.41) is 2.91. The molecule has 0 aliphatic carbocycles. The summed E-state index contributed by atoms with van der Waals surface area (Å²) in [7, 11) is 1.34. The average Bonchev–Trinajstić information content (AvgIpc) is 2.70. The topological polar surface area (TPSA) is 58.6 Å². The Morgan fingerprint density at radius 1 is 1.15 bits per heavy atom. The standard InChI is InChI=1S/C22H26N2O3/c1-16-8-6-12-19(22(26)27-2)21(16)23-20(25)15-24-13-7-11-18(14-24)17-9-4-3-5-10-17/h3-6,8-10,12,18H,7,11,13-15H2,1-2H3,(H,23,25). The van der Waals surface area contributed by atoms with Gasteiger partial charge < -0.3 is 10.1 Å². The SMILES string of the molecule is COC(=O)c1cccc(C)c1NC(=O)CN1CCCC(c2ccccc2)C1. The van der Waals surface area contributed by atoms with E-state index in [1.807, 2.05) is 19.1 Å². The summed E-state index contributed by atoms with van der Waals surface area (Å²) < 4.78 is 4.83. The summed E-state index contributed by atoms with van der Waals surface area (Å²) in [6.07, 6.45) is 2.22. The van der Waals surface area contributed by atoms with Crippen molar-refractivity contribution in [2.45, 2.75) is 25.7 Å². The lowest BCUT2D eigenvalue weighted by atomic mass is 9.91. The third-order valence-electron chi connectivity index (χ3n) is 5.09. The van der Waals surface area contributed by atoms with Crippen molar-refractivity contribution in [3.8, 4) is 0 Å². The van der Waals surface area contributed by atoms with Crippen molar-refractivity contribution in [1.29, 1.82) is 0 Å². The predicted octanol–water partition coefficient (Wildman–Crippen LogP) is 3.60. The number of rotatable bonds is 5. The molecule has 1 aliphatic rings. The van der Waals surface area contributed by atoms with E-state index in [2.05, 4.69) is 34.5 Å². The van der Waals surface area contributed by atoms with E-state index >= 15 is 0 Å². The zero-order valence-electron chi connectivity index (χ0n) is 15.9. The van der Waals surface area contributed by atoms with E-state index in [1.165, 1.54) is 12.7 Å². The number of hydrogen-bond acceptors (Lipinski definition) is 4. The second-order valence-electron chi connectivity index (χ2n) is 7.02. The van der Waals surface area contributed by atoms with Crippen molar-refractivity contribution in [2.24, 2.45) is 0 Å². The van der Waals surface area contributed by atoms with Gasteiger partial charge >= 0.3 is 5.97 Å². The van der Waals surface area contributed by atoms with Crippen molar-refractivity contribution in [1.82, 2.24) is 4.90 Å². The first-order valence-corrected chi connectivity index (χ1v) is 9.33. The van der Waals surface area contributed by atoms with Crippen LogP contribution in [0.25, 0.3) is 0 Å². The second-order valence-corrected chi connectivity index (χ2v) is 7.02. The third kappa shape index (κ3) is 4.74. The maximum Gasteiger partial charge on any atom is 0.339 e. The van der Waals surface area contributed by atoms with Gasteiger partial charge in [0.1, 0.15) is 0 Å². The Balaban J connectivity index is 1.65. The lowest BCUT2D eigenvalue weighted by molar-refractivity contribution is -0.117. The van der Waals surface area contributed by atoms with Crippen molar-refractivity contribution < 1.29 is 14.3 Å². The molecular formula is C22H26N2O3. The van der Waals surface area contributed by atoms with E-state index in [0.717, 1.165) is 31.5 Å². The average molecular weight is 366 g/mol. The molecule has 27 heavy (non-hydrogen) atoms. The molecule has 1 fully saturated rings. The van der Waals surface area contributed by atoms with Gasteiger partial charge in [0, 0.05) is 6.54 Å². The van der Waals surface area contributed by atoms with Gasteiger partial charge in [0.15, 0.2) is 0 Å². The number of carbonyl (C=O) groups excluding carboxylic acids is 2. The monoisotopic (exact) mass is 366 g/mol. The first-order valence-electron chi connectivity index (χ1n) is 9.33. The molecule has 0 radical (unpaired) electrons. The van der Waals surface area contributed by atoms with Crippen molar-refractivity contribution in [3.63, 3.8) is 0 Å². The van der Waals surface area contributed by atoms with E-state index < -0.39 is 5.97 Å². The number of para-hydroxylation sites is 1. The molecule has 2 aromatic carbocycles. The van der Waals surface area contributed by atoms with Crippen LogP contribution in [-0.4, -0.2) is 43.5 Å². The number of hydrogen-bond donors (Lipinski definition) is 1. The predicted molar refractivity (Wildman–Crippen MR) is 106 cm³/mol. The largest absolute Gasteiger partial charge is 0.465 e. The number of esters is 1. The number of amides is 1. The van der Waals surface area contributed by atoms with Gasteiger partial charge in [0.25, 0.3) is 0 Å². The van der Waals surface area contributed by atoms with E-state index in [0.29, 0.717) is 23.7 Å². The Hall–Kier alpha value is -2.66. The molecule has 5 nitrogen and oxygen atoms in total. The number of nitrogens with zero attached hydrogens (tertiary/aromatic N) is 1. The quantitative estimate of drug-likeness (QED) is 0.822. The minimum atomic E-state index is -0.448. The lowest BCUT2D eigenvalue weighted by Gasteiger charge is -2.32. The first-order chi connectivity index (χ1) is 13.1. The fraction of sp³-hybridized carbons (Fsp3) is 0.364. The molecular weight excluding hydrogens is 340 g/mol. The normalized spacial score (nSPS) is 17.3. The highest BCUT2D eigenvalue weighted by Gasteiger charge is 2.23. The first kappa shape index (κ1) is 19.1. The number of piperidine rings is 1. The summed E-state index contributed by atoms with van der Waals surface area (Å²) in [4.78, 5) is 26.8. The van der Waals surface area contributed by atoms with Crippen LogP contribution in [0.5, 0.6) is 0 Å². The van der Waals surface area contributed by atoms with Crippen LogP contribution >= 0.6 is 0 Å². The van der Waals surface area contributed by atoms with Gasteiger partial charge in [0.2, 0.25) is 5.91 Å². The van der Waals surface area contributed by atoms with Gasteiger partial charge in [-0.2, -0.15) is 0 Å². The van der Waals surface area contributed by atoms with Crippen LogP contribution in [0, 0.1) is 6.92 Å². The minimum absolute atomic E-state index is 0.108. The fourth-order valence-corrected chi connectivity index (χ4v) is 3.69. The summed E-state index contributed by atoms with van der Waals surface area (Å²) in [6.45, 7) is 3.97. The highest BCUT2D eigenvalue weighted by Crippen LogP contribution is 2.27. The molecule has 1 aliphatic heterocycles. The molecule has 1 saturated heterocycles. The van der Waals surface area contributed by atoms with Gasteiger partial charge in [-0.05, 0) is 49.4 Å². The molecule has 142 valence electrons. The van der Waals surface area contributed by atoms with Gasteiger partial charge in [-0.1, -0.05) is 42.5 Å². The summed E-state index contributed by atoms with van der Waals surface area (Å²) in [6, 6.07) is 15.8. The molecule has 1 amide bonds. The van der Waals surface area contributed by atoms with Crippen molar-refractivity contribution >= 4 is 17.6 Å². The van der Waals surface area contributed by atoms with Crippen LogP contribution in [0.15, 0.2) is 48.5 Å². The van der Waals surface area contributed by atoms with E-state index in [4.69, 9.17) is 4.74 Å². The second kappa shape index (κ2) is 8.82. The molecule has 1 N–H and O–H groups in total. The molecule has 3 rings (SSSR count). The number of benzene rings is 2. The van der Waals surface area contributed by atoms with Crippen molar-refractivity contribution in [2.75, 3.05) is 32.1 Å². The third-order valence-corrected chi connectivity index (χ3v) is 5.09. The summed E-state index contributed by atoms with van der Waals surface area (Å²) in [5.41, 5.74) is 3.08. The van der Waals surface area contributed by atoms with Crippen LogP contribution in [0.2, 0.25) is 0 Å². The molecule has 2 aromatic rings. The van der Waals surface area contributed by atoms with Gasteiger partial charge in [-0.25, -0.2) is 4.79 Å². The Morgan fingerprint density at radius 3 is 2.67 bits per heavy atom. The van der Waals surface area contributed by atoms with Gasteiger partial charge in [-0.15, -0.1) is 0 Å². The number of likely N-dealkylation sites (tertiary alicyclic amines) is 1. The van der Waals surface area contributed by atoms with Crippen molar-refractivity contribution in [3.05, 3.63) is 65.2 Å². The van der Waals surface area contributed by atoms with Crippen LogP contribution in [0.1, 0.15) is 40.2 Å². The summed E-state index contributed by atoms with van der Waals surface area (Å²) in [5.74, 6) is -0.101. The fourth-order valence-electron chi connectivity index (χ4n) is 3.69. The lowest BCUT2D eigenvalue weighted by Crippen LogP contribution is -2.40. The van der Waals surface area contributed by atoms with E-state index in [-0.39, 0.29) is 5.91 Å². The molecule has 0 bridgehead atoms. The number of ether oxygens (including phenoxy) is 1. The van der Waals surface area contributed by atoms with Crippen LogP contribution in [0.3, 0.4) is 0 Å². The van der Waals surface area contributed by atoms with Crippen LogP contribution in [0.4, 0.5) is 5.69 Å². The molecule has 0 saturated carbocycles. The Morgan fingerprint density at radius 2 is 1.93 bits per heavy atom. The number of methoxy groups -OCH3 is 1. The van der Waals surface area contributed by atoms with Crippen LogP contribution < -0.4 is 5.32 Å². The zero-order valence-corrected chi connectivity index (χ0v) is 15.9. The van der Waals surface area contributed by atoms with Gasteiger partial charge in [0.05, 0.1) is 24.9 Å². The summed E-state index contributed by atoms with van der Waals surface area (Å²) >= 11 is 0. The number of aryl methyl sites for hydroxylation is 1. The molecule has 1 atom stereocenters. The molecule has 1 heterocycles. The van der Waals surface area contributed by atoms with Gasteiger partial charge in [-0.3, -0.25) is 9.69 Å². The Labute approximate surface area is 160 Å². The number of carbonyl (C=O) groups is 2. The van der Waals surface area contributed by atoms with Crippen LogP contribution in [-0.2, 0) is 9.53 Å². The Kier molecular flexibility index (Phi) is 6.24. The van der Waals surface area contributed by atoms with E-state index in [1.54, 1.807) is 12.1 Å². The molecule has 0 aromatic heterocycles. The smallest absolute Gasteiger partial charge is 0.339 e. The minimum Gasteiger partial charge on any atom is -0.465 e. The number of nitrogens with one attached hydrogen (secondary N) is 1. The van der Waals surface area contributed by atoms with E-state index in [9.17, 15) is 9.59 Å². The maximum atomic E-state index is 12.6. The Bertz CT molecular complexity index is 804. The highest BCUT2D eigenvalue weighted by atomic mass is 16.5. The molecule has 1 unspecified atom stereocenters. The maximum absolute atomic E-state index is 12.6. The highest BCUT2D eigenvalue weighted by molar-refractivity contribution is 6.02.